The minimum atomic E-state index is -1.02. The summed E-state index contributed by atoms with van der Waals surface area (Å²) in [5.41, 5.74) is 2.20. The van der Waals surface area contributed by atoms with Crippen LogP contribution < -0.4 is 0 Å². The van der Waals surface area contributed by atoms with Gasteiger partial charge in [-0.3, -0.25) is 0 Å². The number of cyclic esters (lactones) is 1. The lowest BCUT2D eigenvalue weighted by Crippen LogP contribution is -2.36. The van der Waals surface area contributed by atoms with Gasteiger partial charge in [0.15, 0.2) is 0 Å². The molecule has 0 amide bonds. The van der Waals surface area contributed by atoms with Crippen LogP contribution in [-0.4, -0.2) is 72.6 Å². The van der Waals surface area contributed by atoms with Gasteiger partial charge in [0.05, 0.1) is 31.0 Å². The molecule has 204 valence electrons. The molecule has 2 bridgehead atoms. The number of rotatable bonds is 4. The van der Waals surface area contributed by atoms with E-state index >= 15 is 0 Å². The molecule has 2 N–H and O–H groups in total. The van der Waals surface area contributed by atoms with E-state index in [9.17, 15) is 15.0 Å². The van der Waals surface area contributed by atoms with Crippen LogP contribution in [0.5, 0.6) is 0 Å². The van der Waals surface area contributed by atoms with Crippen molar-refractivity contribution < 1.29 is 34.0 Å². The van der Waals surface area contributed by atoms with E-state index in [1.54, 1.807) is 31.4 Å². The smallest absolute Gasteiger partial charge is 0.330 e. The van der Waals surface area contributed by atoms with Gasteiger partial charge in [-0.15, -0.1) is 0 Å². The third-order valence-corrected chi connectivity index (χ3v) is 6.81. The fraction of sp³-hybridized carbons (Fsp3) is 0.567. The van der Waals surface area contributed by atoms with Crippen molar-refractivity contribution >= 4 is 5.97 Å². The van der Waals surface area contributed by atoms with Crippen LogP contribution in [0.15, 0.2) is 72.4 Å². The molecule has 0 saturated carbocycles. The molecular formula is C30H42O7. The van der Waals surface area contributed by atoms with Crippen LogP contribution in [0.1, 0.15) is 51.9 Å². The summed E-state index contributed by atoms with van der Waals surface area (Å²) in [5, 5.41) is 21.3. The van der Waals surface area contributed by atoms with Crippen LogP contribution in [0.2, 0.25) is 0 Å². The van der Waals surface area contributed by atoms with Gasteiger partial charge < -0.3 is 29.2 Å². The van der Waals surface area contributed by atoms with Crippen molar-refractivity contribution in [2.75, 3.05) is 13.7 Å². The highest BCUT2D eigenvalue weighted by Gasteiger charge is 2.27. The Kier molecular flexibility index (Phi) is 12.0. The number of hydrogen-bond donors (Lipinski definition) is 2. The first-order chi connectivity index (χ1) is 17.8. The van der Waals surface area contributed by atoms with Gasteiger partial charge in [0.2, 0.25) is 0 Å². The number of methoxy groups -OCH3 is 1. The summed E-state index contributed by atoms with van der Waals surface area (Å²) in [6, 6.07) is 0. The van der Waals surface area contributed by atoms with Crippen molar-refractivity contribution in [2.45, 2.75) is 94.6 Å². The Balaban J connectivity index is 1.70. The minimum Gasteiger partial charge on any atom is -0.456 e. The molecule has 0 saturated heterocycles. The molecule has 7 nitrogen and oxygen atoms in total. The van der Waals surface area contributed by atoms with Crippen molar-refractivity contribution in [1.82, 2.24) is 0 Å². The summed E-state index contributed by atoms with van der Waals surface area (Å²) in [6.45, 7) is 6.71. The lowest BCUT2D eigenvalue weighted by atomic mass is 9.98. The van der Waals surface area contributed by atoms with Crippen LogP contribution in [0.25, 0.3) is 0 Å². The molecular weight excluding hydrogens is 472 g/mol. The van der Waals surface area contributed by atoms with Gasteiger partial charge in [-0.05, 0) is 45.4 Å². The number of fused-ring (bicyclic) bond motifs is 2. The van der Waals surface area contributed by atoms with Crippen LogP contribution in [0.3, 0.4) is 0 Å². The van der Waals surface area contributed by atoms with E-state index in [-0.39, 0.29) is 30.8 Å². The molecule has 3 rings (SSSR count). The maximum absolute atomic E-state index is 12.6. The van der Waals surface area contributed by atoms with Gasteiger partial charge in [0, 0.05) is 19.6 Å². The highest BCUT2D eigenvalue weighted by molar-refractivity contribution is 5.82. The molecule has 3 aliphatic heterocycles. The quantitative estimate of drug-likeness (QED) is 0.427. The van der Waals surface area contributed by atoms with E-state index in [0.29, 0.717) is 19.4 Å². The van der Waals surface area contributed by atoms with Crippen molar-refractivity contribution in [3.8, 4) is 0 Å². The third kappa shape index (κ3) is 10.2. The highest BCUT2D eigenvalue weighted by Crippen LogP contribution is 2.24. The maximum Gasteiger partial charge on any atom is 0.330 e. The first-order valence-electron chi connectivity index (χ1n) is 13.2. The predicted molar refractivity (Wildman–Crippen MR) is 143 cm³/mol. The predicted octanol–water partition coefficient (Wildman–Crippen LogP) is 4.27. The summed E-state index contributed by atoms with van der Waals surface area (Å²) in [5.74, 6) is -0.542. The zero-order chi connectivity index (χ0) is 26.6. The molecule has 3 aliphatic rings. The molecule has 7 unspecified atom stereocenters. The van der Waals surface area contributed by atoms with Gasteiger partial charge in [0.25, 0.3) is 0 Å². The Morgan fingerprint density at radius 3 is 2.81 bits per heavy atom. The van der Waals surface area contributed by atoms with Crippen LogP contribution in [0, 0.1) is 0 Å². The zero-order valence-electron chi connectivity index (χ0n) is 22.0. The first kappa shape index (κ1) is 29.3. The third-order valence-electron chi connectivity index (χ3n) is 6.81. The van der Waals surface area contributed by atoms with Gasteiger partial charge >= 0.3 is 5.97 Å². The largest absolute Gasteiger partial charge is 0.456 e. The Labute approximate surface area is 220 Å². The second kappa shape index (κ2) is 15.2. The molecule has 0 aliphatic carbocycles. The molecule has 3 heterocycles. The standard InChI is InChI=1S/C30H42O7/c1-21-7-4-11-29-28(34-3)16-14-24(36-29)9-6-12-30(33)37-27(10-5-8-23(31)19-21)26(32)15-13-25-20-22(2)17-18-35-25/h5-6,8,12-17,23-29,31-32H,1,4,7,9-11,18-20H2,2-3H3/b8-5+,12-6+,15-13?. The van der Waals surface area contributed by atoms with Crippen molar-refractivity contribution in [3.05, 3.63) is 72.4 Å². The number of hydrogen-bond acceptors (Lipinski definition) is 7. The maximum atomic E-state index is 12.6. The number of ether oxygens (including phenoxy) is 4. The van der Waals surface area contributed by atoms with E-state index in [0.717, 1.165) is 31.3 Å². The SMILES string of the molecule is C=C1CCCC2OC(C=CC2OC)C/C=C/C(=O)OC(C(O)C=CC2CC(C)=CCO2)C/C=C/C(O)C1. The van der Waals surface area contributed by atoms with Crippen molar-refractivity contribution in [1.29, 1.82) is 0 Å². The number of carbonyl (C=O) groups is 1. The molecule has 37 heavy (non-hydrogen) atoms. The second-order valence-corrected chi connectivity index (χ2v) is 9.99. The fourth-order valence-electron chi connectivity index (χ4n) is 4.69. The fourth-order valence-corrected chi connectivity index (χ4v) is 4.69. The average Bonchev–Trinajstić information content (AvgIpc) is 2.86. The summed E-state index contributed by atoms with van der Waals surface area (Å²) < 4.78 is 23.1. The zero-order valence-corrected chi connectivity index (χ0v) is 22.0. The molecule has 0 aromatic carbocycles. The Bertz CT molecular complexity index is 900. The lowest BCUT2D eigenvalue weighted by molar-refractivity contribution is -0.147. The van der Waals surface area contributed by atoms with Crippen molar-refractivity contribution in [2.24, 2.45) is 0 Å². The van der Waals surface area contributed by atoms with Crippen LogP contribution in [-0.2, 0) is 23.7 Å². The number of aliphatic hydroxyl groups excluding tert-OH is 2. The topological polar surface area (TPSA) is 94.5 Å². The summed E-state index contributed by atoms with van der Waals surface area (Å²) in [7, 11) is 1.67. The van der Waals surface area contributed by atoms with Crippen molar-refractivity contribution in [3.63, 3.8) is 0 Å². The summed E-state index contributed by atoms with van der Waals surface area (Å²) in [4.78, 5) is 12.6. The number of esters is 1. The molecule has 0 aromatic heterocycles. The molecule has 7 heteroatoms. The Morgan fingerprint density at radius 1 is 1.19 bits per heavy atom. The molecule has 0 fully saturated rings. The number of carbonyl (C=O) groups excluding carboxylic acids is 1. The van der Waals surface area contributed by atoms with Gasteiger partial charge in [-0.1, -0.05) is 66.3 Å². The molecule has 7 atom stereocenters. The second-order valence-electron chi connectivity index (χ2n) is 9.99. The van der Waals surface area contributed by atoms with E-state index in [4.69, 9.17) is 18.9 Å². The highest BCUT2D eigenvalue weighted by atomic mass is 16.6. The number of aliphatic hydroxyl groups is 2. The average molecular weight is 515 g/mol. The van der Waals surface area contributed by atoms with E-state index in [1.165, 1.54) is 11.6 Å². The van der Waals surface area contributed by atoms with Gasteiger partial charge in [-0.2, -0.15) is 0 Å². The van der Waals surface area contributed by atoms with Crippen LogP contribution in [0.4, 0.5) is 0 Å². The summed E-state index contributed by atoms with van der Waals surface area (Å²) >= 11 is 0. The molecule has 0 radical (unpaired) electrons. The summed E-state index contributed by atoms with van der Waals surface area (Å²) in [6.07, 6.45) is 17.4. The van der Waals surface area contributed by atoms with E-state index in [2.05, 4.69) is 13.5 Å². The monoisotopic (exact) mass is 514 g/mol. The van der Waals surface area contributed by atoms with Gasteiger partial charge in [-0.25, -0.2) is 4.79 Å². The molecule has 0 aromatic rings. The Morgan fingerprint density at radius 2 is 2.03 bits per heavy atom. The van der Waals surface area contributed by atoms with Gasteiger partial charge in [0.1, 0.15) is 18.3 Å². The first-order valence-corrected chi connectivity index (χ1v) is 13.2. The normalized spacial score (nSPS) is 35.2. The molecule has 0 spiro atoms. The lowest BCUT2D eigenvalue weighted by Gasteiger charge is -2.31. The van der Waals surface area contributed by atoms with E-state index < -0.39 is 24.3 Å². The van der Waals surface area contributed by atoms with E-state index in [1.807, 2.05) is 24.3 Å². The van der Waals surface area contributed by atoms with Crippen LogP contribution >= 0.6 is 0 Å². The minimum absolute atomic E-state index is 0.0874. The Hall–Kier alpha value is -2.29.